The van der Waals surface area contributed by atoms with Crippen LogP contribution in [0, 0.1) is 0 Å². The quantitative estimate of drug-likeness (QED) is 0.709. The first-order chi connectivity index (χ1) is 15.0. The molecule has 1 spiro atoms. The van der Waals surface area contributed by atoms with Gasteiger partial charge in [0.15, 0.2) is 0 Å². The molecular formula is C24H34N4O3. The number of carbonyl (C=O) groups excluding carboxylic acids is 3. The monoisotopic (exact) mass is 426 g/mol. The van der Waals surface area contributed by atoms with Crippen LogP contribution in [0.5, 0.6) is 0 Å². The molecule has 0 aromatic heterocycles. The lowest BCUT2D eigenvalue weighted by Gasteiger charge is -2.31. The topological polar surface area (TPSA) is 73.0 Å². The maximum absolute atomic E-state index is 12.9. The van der Waals surface area contributed by atoms with Crippen molar-refractivity contribution >= 4 is 23.5 Å². The Hall–Kier alpha value is -2.57. The number of amides is 4. The average molecular weight is 427 g/mol. The van der Waals surface area contributed by atoms with E-state index < -0.39 is 5.54 Å². The number of para-hydroxylation sites is 1. The minimum Gasteiger partial charge on any atom is -0.371 e. The van der Waals surface area contributed by atoms with Crippen LogP contribution < -0.4 is 10.2 Å². The van der Waals surface area contributed by atoms with E-state index >= 15 is 0 Å². The molecule has 0 atom stereocenters. The van der Waals surface area contributed by atoms with Crippen molar-refractivity contribution in [3.63, 3.8) is 0 Å². The first kappa shape index (κ1) is 21.7. The zero-order valence-corrected chi connectivity index (χ0v) is 18.6. The van der Waals surface area contributed by atoms with Crippen LogP contribution >= 0.6 is 0 Å². The first-order valence-electron chi connectivity index (χ1n) is 11.7. The molecule has 1 aromatic rings. The molecule has 7 nitrogen and oxygen atoms in total. The van der Waals surface area contributed by atoms with Crippen LogP contribution in [0.1, 0.15) is 63.4 Å². The predicted molar refractivity (Wildman–Crippen MR) is 120 cm³/mol. The smallest absolute Gasteiger partial charge is 0.325 e. The summed E-state index contributed by atoms with van der Waals surface area (Å²) in [5, 5.41) is 2.91. The fraction of sp³-hybridized carbons (Fsp3) is 0.625. The van der Waals surface area contributed by atoms with Crippen molar-refractivity contribution in [3.05, 3.63) is 29.8 Å². The Morgan fingerprint density at radius 2 is 1.71 bits per heavy atom. The van der Waals surface area contributed by atoms with E-state index in [1.807, 2.05) is 12.1 Å². The van der Waals surface area contributed by atoms with Crippen molar-refractivity contribution in [2.24, 2.45) is 0 Å². The second kappa shape index (κ2) is 9.28. The van der Waals surface area contributed by atoms with Crippen molar-refractivity contribution in [2.75, 3.05) is 31.6 Å². The van der Waals surface area contributed by atoms with E-state index in [1.54, 1.807) is 11.9 Å². The van der Waals surface area contributed by atoms with Gasteiger partial charge in [0, 0.05) is 45.3 Å². The first-order valence-corrected chi connectivity index (χ1v) is 11.7. The molecule has 31 heavy (non-hydrogen) atoms. The molecule has 168 valence electrons. The summed E-state index contributed by atoms with van der Waals surface area (Å²) in [5.41, 5.74) is 1.61. The Labute approximate surface area is 184 Å². The van der Waals surface area contributed by atoms with E-state index in [0.29, 0.717) is 19.4 Å². The zero-order chi connectivity index (χ0) is 21.8. The molecule has 0 radical (unpaired) electrons. The average Bonchev–Trinajstić information content (AvgIpc) is 3.02. The van der Waals surface area contributed by atoms with Gasteiger partial charge in [0.1, 0.15) is 5.54 Å². The summed E-state index contributed by atoms with van der Waals surface area (Å²) in [6.07, 6.45) is 8.26. The van der Waals surface area contributed by atoms with Crippen molar-refractivity contribution in [2.45, 2.75) is 69.9 Å². The van der Waals surface area contributed by atoms with E-state index in [2.05, 4.69) is 22.3 Å². The lowest BCUT2D eigenvalue weighted by Crippen LogP contribution is -2.48. The van der Waals surface area contributed by atoms with Crippen LogP contribution in [0.2, 0.25) is 0 Å². The van der Waals surface area contributed by atoms with Crippen LogP contribution in [-0.2, 0) is 16.1 Å². The van der Waals surface area contributed by atoms with Gasteiger partial charge < -0.3 is 15.1 Å². The van der Waals surface area contributed by atoms with Gasteiger partial charge in [-0.3, -0.25) is 14.5 Å². The lowest BCUT2D eigenvalue weighted by atomic mass is 9.82. The highest BCUT2D eigenvalue weighted by Crippen LogP contribution is 2.33. The maximum Gasteiger partial charge on any atom is 0.325 e. The van der Waals surface area contributed by atoms with Gasteiger partial charge in [0.2, 0.25) is 5.91 Å². The molecule has 4 amide bonds. The molecule has 3 fully saturated rings. The van der Waals surface area contributed by atoms with Crippen LogP contribution in [-0.4, -0.2) is 59.9 Å². The van der Waals surface area contributed by atoms with Crippen LogP contribution in [0.4, 0.5) is 10.5 Å². The summed E-state index contributed by atoms with van der Waals surface area (Å²) in [5.74, 6) is -0.207. The highest BCUT2D eigenvalue weighted by molar-refractivity contribution is 6.07. The Morgan fingerprint density at radius 1 is 1.03 bits per heavy atom. The van der Waals surface area contributed by atoms with Gasteiger partial charge in [-0.15, -0.1) is 0 Å². The Morgan fingerprint density at radius 3 is 2.45 bits per heavy atom. The summed E-state index contributed by atoms with van der Waals surface area (Å²) >= 11 is 0. The maximum atomic E-state index is 12.9. The number of nitrogens with zero attached hydrogens (tertiary/aromatic N) is 3. The normalized spacial score (nSPS) is 20.8. The van der Waals surface area contributed by atoms with E-state index in [1.165, 1.54) is 29.8 Å². The summed E-state index contributed by atoms with van der Waals surface area (Å²) in [7, 11) is 1.80. The highest BCUT2D eigenvalue weighted by Gasteiger charge is 2.51. The fourth-order valence-electron chi connectivity index (χ4n) is 5.20. The number of nitrogens with one attached hydrogen (secondary N) is 1. The second-order valence-corrected chi connectivity index (χ2v) is 9.21. The van der Waals surface area contributed by atoms with E-state index in [9.17, 15) is 14.4 Å². The van der Waals surface area contributed by atoms with Gasteiger partial charge in [-0.05, 0) is 43.7 Å². The minimum atomic E-state index is -0.725. The predicted octanol–water partition coefficient (Wildman–Crippen LogP) is 3.28. The molecule has 2 saturated heterocycles. The lowest BCUT2D eigenvalue weighted by molar-refractivity contribution is -0.134. The molecule has 1 aromatic carbocycles. The number of rotatable bonds is 6. The molecule has 1 aliphatic carbocycles. The van der Waals surface area contributed by atoms with Gasteiger partial charge in [0.05, 0.1) is 0 Å². The third-order valence-electron chi connectivity index (χ3n) is 7.02. The van der Waals surface area contributed by atoms with Crippen molar-refractivity contribution in [3.8, 4) is 0 Å². The van der Waals surface area contributed by atoms with E-state index in [0.717, 1.165) is 37.9 Å². The summed E-state index contributed by atoms with van der Waals surface area (Å²) in [6.45, 7) is 2.78. The Bertz CT molecular complexity index is 828. The molecule has 7 heteroatoms. The van der Waals surface area contributed by atoms with E-state index in [4.69, 9.17) is 0 Å². The molecule has 0 bridgehead atoms. The fourth-order valence-corrected chi connectivity index (χ4v) is 5.20. The number of hydrogen-bond donors (Lipinski definition) is 1. The van der Waals surface area contributed by atoms with Gasteiger partial charge in [-0.25, -0.2) is 4.79 Å². The minimum absolute atomic E-state index is 0.0568. The van der Waals surface area contributed by atoms with Crippen molar-refractivity contribution in [1.29, 1.82) is 0 Å². The Kier molecular flexibility index (Phi) is 6.49. The van der Waals surface area contributed by atoms with Gasteiger partial charge in [0.25, 0.3) is 5.91 Å². The van der Waals surface area contributed by atoms with Crippen molar-refractivity contribution in [1.82, 2.24) is 15.1 Å². The largest absolute Gasteiger partial charge is 0.371 e. The summed E-state index contributed by atoms with van der Waals surface area (Å²) in [6, 6.07) is 7.93. The summed E-state index contributed by atoms with van der Waals surface area (Å²) < 4.78 is 0. The van der Waals surface area contributed by atoms with Crippen molar-refractivity contribution < 1.29 is 14.4 Å². The molecular weight excluding hydrogens is 392 g/mol. The number of benzene rings is 1. The SMILES string of the molecule is CN(Cc1ccccc1N1CCCCC1)C(=O)CCN1C(=O)NC2(CCCCC2)C1=O. The summed E-state index contributed by atoms with van der Waals surface area (Å²) in [4.78, 5) is 43.5. The molecule has 0 unspecified atom stereocenters. The van der Waals surface area contributed by atoms with Crippen LogP contribution in [0.3, 0.4) is 0 Å². The number of imide groups is 1. The molecule has 2 heterocycles. The number of anilines is 1. The standard InChI is InChI=1S/C24H34N4O3/c1-26(18-19-10-4-5-11-20(19)27-15-8-3-9-16-27)21(29)12-17-28-22(30)24(25-23(28)31)13-6-2-7-14-24/h4-5,10-11H,2-3,6-9,12-18H2,1H3,(H,25,31). The number of hydrogen-bond acceptors (Lipinski definition) is 4. The van der Waals surface area contributed by atoms with Crippen LogP contribution in [0.25, 0.3) is 0 Å². The molecule has 4 rings (SSSR count). The van der Waals surface area contributed by atoms with Crippen LogP contribution in [0.15, 0.2) is 24.3 Å². The third-order valence-corrected chi connectivity index (χ3v) is 7.02. The Balaban J connectivity index is 1.34. The van der Waals surface area contributed by atoms with Gasteiger partial charge >= 0.3 is 6.03 Å². The second-order valence-electron chi connectivity index (χ2n) is 9.21. The number of urea groups is 1. The van der Waals surface area contributed by atoms with Gasteiger partial charge in [-0.2, -0.15) is 0 Å². The highest BCUT2D eigenvalue weighted by atomic mass is 16.2. The molecule has 3 aliphatic rings. The number of piperidine rings is 1. The molecule has 2 aliphatic heterocycles. The molecule has 1 saturated carbocycles. The number of carbonyl (C=O) groups is 3. The third kappa shape index (κ3) is 4.55. The molecule has 1 N–H and O–H groups in total. The zero-order valence-electron chi connectivity index (χ0n) is 18.6. The van der Waals surface area contributed by atoms with E-state index in [-0.39, 0.29) is 30.8 Å². The van der Waals surface area contributed by atoms with Gasteiger partial charge in [-0.1, -0.05) is 37.5 Å².